The van der Waals surface area contributed by atoms with Crippen molar-refractivity contribution in [2.24, 2.45) is 5.10 Å². The number of aryl methyl sites for hydroxylation is 1. The molecule has 0 saturated carbocycles. The van der Waals surface area contributed by atoms with Gasteiger partial charge in [0.2, 0.25) is 0 Å². The number of sulfonamides is 1. The highest BCUT2D eigenvalue weighted by Gasteiger charge is 2.14. The summed E-state index contributed by atoms with van der Waals surface area (Å²) >= 11 is 0. The molecule has 32 heavy (non-hydrogen) atoms. The van der Waals surface area contributed by atoms with Crippen LogP contribution in [0.4, 0.5) is 5.69 Å². The summed E-state index contributed by atoms with van der Waals surface area (Å²) in [6, 6.07) is 19.0. The Bertz CT molecular complexity index is 1230. The van der Waals surface area contributed by atoms with E-state index in [9.17, 15) is 18.0 Å². The molecule has 0 radical (unpaired) electrons. The third kappa shape index (κ3) is 5.79. The standard InChI is InChI=1S/C23H21N3O5S/c1-16-3-13-21(14-4-16)32(29,30)26-20-11-9-18(10-12-20)22(27)25-24-15-17-5-7-19(8-6-17)23(28)31-2/h3-15,26H,1-2H3,(H,25,27)/b24-15+. The van der Waals surface area contributed by atoms with Gasteiger partial charge in [-0.3, -0.25) is 9.52 Å². The van der Waals surface area contributed by atoms with Crippen LogP contribution in [0, 0.1) is 6.92 Å². The molecular weight excluding hydrogens is 430 g/mol. The number of rotatable bonds is 7. The number of ether oxygens (including phenoxy) is 1. The van der Waals surface area contributed by atoms with Gasteiger partial charge in [0, 0.05) is 11.3 Å². The van der Waals surface area contributed by atoms with Crippen molar-refractivity contribution in [3.05, 3.63) is 95.1 Å². The number of anilines is 1. The second-order valence-electron chi connectivity index (χ2n) is 6.81. The van der Waals surface area contributed by atoms with Crippen molar-refractivity contribution >= 4 is 33.8 Å². The van der Waals surface area contributed by atoms with Crippen LogP contribution in [0.25, 0.3) is 0 Å². The average Bonchev–Trinajstić information content (AvgIpc) is 2.79. The number of carbonyl (C=O) groups excluding carboxylic acids is 2. The van der Waals surface area contributed by atoms with E-state index in [4.69, 9.17) is 0 Å². The Balaban J connectivity index is 1.59. The average molecular weight is 452 g/mol. The highest BCUT2D eigenvalue weighted by Crippen LogP contribution is 2.17. The Labute approximate surface area is 186 Å². The number of hydrogen-bond acceptors (Lipinski definition) is 6. The van der Waals surface area contributed by atoms with E-state index in [0.29, 0.717) is 22.4 Å². The normalized spacial score (nSPS) is 11.2. The molecule has 0 aliphatic rings. The smallest absolute Gasteiger partial charge is 0.337 e. The van der Waals surface area contributed by atoms with Gasteiger partial charge in [-0.2, -0.15) is 5.10 Å². The molecular formula is C23H21N3O5S. The number of carbonyl (C=O) groups is 2. The molecule has 0 spiro atoms. The molecule has 3 aromatic carbocycles. The predicted molar refractivity (Wildman–Crippen MR) is 121 cm³/mol. The van der Waals surface area contributed by atoms with Crippen molar-refractivity contribution in [1.82, 2.24) is 5.43 Å². The Morgan fingerprint density at radius 3 is 2.06 bits per heavy atom. The Morgan fingerprint density at radius 1 is 0.875 bits per heavy atom. The zero-order chi connectivity index (χ0) is 23.1. The quantitative estimate of drug-likeness (QED) is 0.325. The Morgan fingerprint density at radius 2 is 1.47 bits per heavy atom. The molecule has 0 saturated heterocycles. The zero-order valence-corrected chi connectivity index (χ0v) is 18.2. The summed E-state index contributed by atoms with van der Waals surface area (Å²) < 4.78 is 32.0. The van der Waals surface area contributed by atoms with Crippen LogP contribution >= 0.6 is 0 Å². The van der Waals surface area contributed by atoms with Crippen LogP contribution in [-0.2, 0) is 14.8 Å². The van der Waals surface area contributed by atoms with Crippen molar-refractivity contribution in [3.63, 3.8) is 0 Å². The van der Waals surface area contributed by atoms with E-state index in [1.165, 1.54) is 49.7 Å². The van der Waals surface area contributed by atoms with Gasteiger partial charge in [-0.25, -0.2) is 18.6 Å². The molecule has 0 heterocycles. The number of nitrogens with zero attached hydrogens (tertiary/aromatic N) is 1. The van der Waals surface area contributed by atoms with Gasteiger partial charge in [0.15, 0.2) is 0 Å². The monoisotopic (exact) mass is 451 g/mol. The molecule has 0 fully saturated rings. The van der Waals surface area contributed by atoms with Crippen LogP contribution in [0.2, 0.25) is 0 Å². The molecule has 0 aliphatic heterocycles. The van der Waals surface area contributed by atoms with E-state index >= 15 is 0 Å². The lowest BCUT2D eigenvalue weighted by Crippen LogP contribution is -2.18. The molecule has 0 bridgehead atoms. The van der Waals surface area contributed by atoms with E-state index in [1.807, 2.05) is 6.92 Å². The number of benzene rings is 3. The van der Waals surface area contributed by atoms with Crippen LogP contribution < -0.4 is 10.1 Å². The van der Waals surface area contributed by atoms with E-state index in [2.05, 4.69) is 20.0 Å². The molecule has 0 aromatic heterocycles. The number of hydrazone groups is 1. The fourth-order valence-corrected chi connectivity index (χ4v) is 3.73. The van der Waals surface area contributed by atoms with Crippen LogP contribution in [0.3, 0.4) is 0 Å². The molecule has 3 aromatic rings. The first-order valence-electron chi connectivity index (χ1n) is 9.50. The lowest BCUT2D eigenvalue weighted by molar-refractivity contribution is 0.0600. The number of nitrogens with one attached hydrogen (secondary N) is 2. The minimum Gasteiger partial charge on any atom is -0.465 e. The molecule has 3 rings (SSSR count). The van der Waals surface area contributed by atoms with E-state index in [-0.39, 0.29) is 4.90 Å². The highest BCUT2D eigenvalue weighted by atomic mass is 32.2. The molecule has 0 aliphatic carbocycles. The second-order valence-corrected chi connectivity index (χ2v) is 8.49. The largest absolute Gasteiger partial charge is 0.465 e. The minimum absolute atomic E-state index is 0.152. The van der Waals surface area contributed by atoms with Crippen LogP contribution in [0.15, 0.2) is 82.8 Å². The fourth-order valence-electron chi connectivity index (χ4n) is 2.67. The SMILES string of the molecule is COC(=O)c1ccc(/C=N/NC(=O)c2ccc(NS(=O)(=O)c3ccc(C)cc3)cc2)cc1. The molecule has 0 atom stereocenters. The highest BCUT2D eigenvalue weighted by molar-refractivity contribution is 7.92. The maximum absolute atomic E-state index is 12.4. The Kier molecular flexibility index (Phi) is 7.01. The van der Waals surface area contributed by atoms with Gasteiger partial charge in [-0.15, -0.1) is 0 Å². The fraction of sp³-hybridized carbons (Fsp3) is 0.0870. The molecule has 2 N–H and O–H groups in total. The molecule has 9 heteroatoms. The summed E-state index contributed by atoms with van der Waals surface area (Å²) in [7, 11) is -2.42. The minimum atomic E-state index is -3.72. The summed E-state index contributed by atoms with van der Waals surface area (Å²) in [6.07, 6.45) is 1.43. The van der Waals surface area contributed by atoms with Crippen molar-refractivity contribution < 1.29 is 22.7 Å². The molecule has 8 nitrogen and oxygen atoms in total. The molecule has 0 unspecified atom stereocenters. The summed E-state index contributed by atoms with van der Waals surface area (Å²) in [4.78, 5) is 23.8. The zero-order valence-electron chi connectivity index (χ0n) is 17.4. The Hall–Kier alpha value is -3.98. The maximum Gasteiger partial charge on any atom is 0.337 e. The first-order valence-corrected chi connectivity index (χ1v) is 11.0. The van der Waals surface area contributed by atoms with Crippen molar-refractivity contribution in [1.29, 1.82) is 0 Å². The van der Waals surface area contributed by atoms with E-state index in [0.717, 1.165) is 5.56 Å². The lowest BCUT2D eigenvalue weighted by atomic mass is 10.1. The van der Waals surface area contributed by atoms with E-state index in [1.54, 1.807) is 36.4 Å². The van der Waals surface area contributed by atoms with E-state index < -0.39 is 21.9 Å². The van der Waals surface area contributed by atoms with Gasteiger partial charge >= 0.3 is 5.97 Å². The van der Waals surface area contributed by atoms with Gasteiger partial charge in [0.05, 0.1) is 23.8 Å². The predicted octanol–water partition coefficient (Wildman–Crippen LogP) is 3.35. The summed E-state index contributed by atoms with van der Waals surface area (Å²) in [5, 5.41) is 3.89. The van der Waals surface area contributed by atoms with Gasteiger partial charge in [-0.1, -0.05) is 29.8 Å². The molecule has 1 amide bonds. The van der Waals surface area contributed by atoms with Crippen molar-refractivity contribution in [3.8, 4) is 0 Å². The summed E-state index contributed by atoms with van der Waals surface area (Å²) in [6.45, 7) is 1.87. The lowest BCUT2D eigenvalue weighted by Gasteiger charge is -2.09. The van der Waals surface area contributed by atoms with Crippen LogP contribution in [0.1, 0.15) is 31.8 Å². The number of amides is 1. The topological polar surface area (TPSA) is 114 Å². The van der Waals surface area contributed by atoms with Crippen LogP contribution in [-0.4, -0.2) is 33.6 Å². The summed E-state index contributed by atoms with van der Waals surface area (Å²) in [5.41, 5.74) is 5.08. The van der Waals surface area contributed by atoms with Gasteiger partial charge in [0.1, 0.15) is 0 Å². The van der Waals surface area contributed by atoms with Gasteiger partial charge < -0.3 is 4.74 Å². The number of hydrogen-bond donors (Lipinski definition) is 2. The van der Waals surface area contributed by atoms with Crippen LogP contribution in [0.5, 0.6) is 0 Å². The first-order chi connectivity index (χ1) is 15.3. The first kappa shape index (κ1) is 22.7. The van der Waals surface area contributed by atoms with Crippen molar-refractivity contribution in [2.45, 2.75) is 11.8 Å². The third-order valence-corrected chi connectivity index (χ3v) is 5.84. The van der Waals surface area contributed by atoms with Crippen molar-refractivity contribution in [2.75, 3.05) is 11.8 Å². The third-order valence-electron chi connectivity index (χ3n) is 4.44. The van der Waals surface area contributed by atoms with Gasteiger partial charge in [-0.05, 0) is 61.0 Å². The van der Waals surface area contributed by atoms with Gasteiger partial charge in [0.25, 0.3) is 15.9 Å². The number of methoxy groups -OCH3 is 1. The number of esters is 1. The maximum atomic E-state index is 12.4. The molecule has 164 valence electrons. The summed E-state index contributed by atoms with van der Waals surface area (Å²) in [5.74, 6) is -0.897. The second kappa shape index (κ2) is 9.88.